The molecule has 4 nitrogen and oxygen atoms in total. The Hall–Kier alpha value is -2.19. The molecular formula is C19H18F3N3OS. The van der Waals surface area contributed by atoms with Gasteiger partial charge in [0.1, 0.15) is 0 Å². The highest BCUT2D eigenvalue weighted by atomic mass is 32.1. The summed E-state index contributed by atoms with van der Waals surface area (Å²) in [6, 6.07) is 7.16. The standard InChI is InChI=1S/C19H18F3N3OS/c20-19(21,22)15-4-1-3-13(11-15)18-23-17(26-24-18)5-2-8-25-9-6-16-14(12-25)7-10-27-16/h1,3-4,7,10-11H,2,5-6,8-9,12H2. The highest BCUT2D eigenvalue weighted by Crippen LogP contribution is 2.31. The van der Waals surface area contributed by atoms with Gasteiger partial charge in [0.2, 0.25) is 11.7 Å². The summed E-state index contributed by atoms with van der Waals surface area (Å²) in [7, 11) is 0. The van der Waals surface area contributed by atoms with E-state index in [0.717, 1.165) is 44.6 Å². The van der Waals surface area contributed by atoms with Crippen LogP contribution in [0.5, 0.6) is 0 Å². The molecule has 0 bridgehead atoms. The SMILES string of the molecule is FC(F)(F)c1cccc(-c2noc(CCCN3CCc4sccc4C3)n2)c1. The van der Waals surface area contributed by atoms with Gasteiger partial charge in [-0.25, -0.2) is 0 Å². The molecule has 1 aliphatic rings. The summed E-state index contributed by atoms with van der Waals surface area (Å²) in [4.78, 5) is 8.13. The molecule has 2 aromatic heterocycles. The quantitative estimate of drug-likeness (QED) is 0.624. The van der Waals surface area contributed by atoms with Gasteiger partial charge in [-0.15, -0.1) is 11.3 Å². The zero-order chi connectivity index (χ0) is 18.9. The summed E-state index contributed by atoms with van der Waals surface area (Å²) >= 11 is 1.82. The number of halogens is 3. The third kappa shape index (κ3) is 4.22. The predicted octanol–water partition coefficient (Wildman–Crippen LogP) is 4.81. The minimum Gasteiger partial charge on any atom is -0.339 e. The Kier molecular flexibility index (Phi) is 5.01. The van der Waals surface area contributed by atoms with Gasteiger partial charge in [0.15, 0.2) is 0 Å². The van der Waals surface area contributed by atoms with Crippen molar-refractivity contribution in [1.82, 2.24) is 15.0 Å². The second-order valence-corrected chi connectivity index (χ2v) is 7.59. The Bertz CT molecular complexity index is 919. The van der Waals surface area contributed by atoms with Crippen LogP contribution in [0.15, 0.2) is 40.2 Å². The van der Waals surface area contributed by atoms with Gasteiger partial charge in [0.05, 0.1) is 5.56 Å². The van der Waals surface area contributed by atoms with E-state index in [1.165, 1.54) is 16.5 Å². The Labute approximate surface area is 158 Å². The van der Waals surface area contributed by atoms with Crippen molar-refractivity contribution in [3.05, 3.63) is 57.6 Å². The topological polar surface area (TPSA) is 42.2 Å². The lowest BCUT2D eigenvalue weighted by Gasteiger charge is -2.26. The molecule has 8 heteroatoms. The number of nitrogens with zero attached hydrogens (tertiary/aromatic N) is 3. The number of hydrogen-bond donors (Lipinski definition) is 0. The second-order valence-electron chi connectivity index (χ2n) is 6.59. The monoisotopic (exact) mass is 393 g/mol. The third-order valence-corrected chi connectivity index (χ3v) is 5.69. The number of thiophene rings is 1. The van der Waals surface area contributed by atoms with Crippen LogP contribution in [0.2, 0.25) is 0 Å². The van der Waals surface area contributed by atoms with Crippen LogP contribution in [-0.4, -0.2) is 28.1 Å². The van der Waals surface area contributed by atoms with Gasteiger partial charge in [0, 0.05) is 30.0 Å². The van der Waals surface area contributed by atoms with E-state index in [4.69, 9.17) is 4.52 Å². The third-order valence-electron chi connectivity index (χ3n) is 4.67. The number of rotatable bonds is 5. The number of hydrogen-bond acceptors (Lipinski definition) is 5. The lowest BCUT2D eigenvalue weighted by Crippen LogP contribution is -2.30. The van der Waals surface area contributed by atoms with Crippen molar-refractivity contribution in [3.63, 3.8) is 0 Å². The summed E-state index contributed by atoms with van der Waals surface area (Å²) < 4.78 is 43.7. The number of aryl methyl sites for hydroxylation is 1. The van der Waals surface area contributed by atoms with Gasteiger partial charge in [-0.1, -0.05) is 17.3 Å². The summed E-state index contributed by atoms with van der Waals surface area (Å²) in [5.41, 5.74) is 1.00. The minimum absolute atomic E-state index is 0.192. The summed E-state index contributed by atoms with van der Waals surface area (Å²) in [5.74, 6) is 0.646. The summed E-state index contributed by atoms with van der Waals surface area (Å²) in [6.07, 6.45) is -1.82. The van der Waals surface area contributed by atoms with Crippen LogP contribution < -0.4 is 0 Å². The molecule has 4 rings (SSSR count). The van der Waals surface area contributed by atoms with Crippen molar-refractivity contribution in [3.8, 4) is 11.4 Å². The smallest absolute Gasteiger partial charge is 0.339 e. The van der Waals surface area contributed by atoms with E-state index >= 15 is 0 Å². The van der Waals surface area contributed by atoms with Crippen molar-refractivity contribution < 1.29 is 17.7 Å². The van der Waals surface area contributed by atoms with Crippen LogP contribution in [-0.2, 0) is 25.6 Å². The molecule has 0 radical (unpaired) electrons. The van der Waals surface area contributed by atoms with Gasteiger partial charge >= 0.3 is 6.18 Å². The van der Waals surface area contributed by atoms with Gasteiger partial charge in [-0.05, 0) is 48.5 Å². The molecule has 142 valence electrons. The highest BCUT2D eigenvalue weighted by molar-refractivity contribution is 7.10. The van der Waals surface area contributed by atoms with Crippen LogP contribution in [0, 0.1) is 0 Å². The number of benzene rings is 1. The van der Waals surface area contributed by atoms with E-state index in [9.17, 15) is 13.2 Å². The molecule has 1 aromatic carbocycles. The molecule has 0 N–H and O–H groups in total. The fourth-order valence-electron chi connectivity index (χ4n) is 3.26. The zero-order valence-corrected chi connectivity index (χ0v) is 15.3. The molecule has 3 aromatic rings. The van der Waals surface area contributed by atoms with E-state index in [2.05, 4.69) is 26.5 Å². The molecular weight excluding hydrogens is 375 g/mol. The maximum atomic E-state index is 12.8. The van der Waals surface area contributed by atoms with Crippen LogP contribution in [0.3, 0.4) is 0 Å². The second kappa shape index (κ2) is 7.44. The van der Waals surface area contributed by atoms with E-state index < -0.39 is 11.7 Å². The average Bonchev–Trinajstić information content (AvgIpc) is 3.30. The van der Waals surface area contributed by atoms with Crippen LogP contribution >= 0.6 is 11.3 Å². The van der Waals surface area contributed by atoms with E-state index in [1.54, 1.807) is 6.07 Å². The van der Waals surface area contributed by atoms with Crippen LogP contribution in [0.25, 0.3) is 11.4 Å². The van der Waals surface area contributed by atoms with Crippen molar-refractivity contribution in [2.24, 2.45) is 0 Å². The molecule has 0 saturated heterocycles. The molecule has 27 heavy (non-hydrogen) atoms. The van der Waals surface area contributed by atoms with E-state index in [1.807, 2.05) is 11.3 Å². The van der Waals surface area contributed by atoms with Crippen molar-refractivity contribution in [2.45, 2.75) is 32.0 Å². The van der Waals surface area contributed by atoms with E-state index in [0.29, 0.717) is 17.9 Å². The molecule has 0 saturated carbocycles. The average molecular weight is 393 g/mol. The van der Waals surface area contributed by atoms with Crippen LogP contribution in [0.4, 0.5) is 13.2 Å². The largest absolute Gasteiger partial charge is 0.416 e. The van der Waals surface area contributed by atoms with E-state index in [-0.39, 0.29) is 5.82 Å². The Balaban J connectivity index is 1.34. The molecule has 0 spiro atoms. The first-order chi connectivity index (χ1) is 13.0. The van der Waals surface area contributed by atoms with Gasteiger partial charge in [-0.3, -0.25) is 4.90 Å². The zero-order valence-electron chi connectivity index (χ0n) is 14.5. The van der Waals surface area contributed by atoms with Gasteiger partial charge < -0.3 is 4.52 Å². The molecule has 0 atom stereocenters. The molecule has 3 heterocycles. The molecule has 0 fully saturated rings. The maximum Gasteiger partial charge on any atom is 0.416 e. The fourth-order valence-corrected chi connectivity index (χ4v) is 4.15. The fraction of sp³-hybridized carbons (Fsp3) is 0.368. The Morgan fingerprint density at radius 1 is 1.22 bits per heavy atom. The lowest BCUT2D eigenvalue weighted by atomic mass is 10.1. The summed E-state index contributed by atoms with van der Waals surface area (Å²) in [5, 5.41) is 5.97. The maximum absolute atomic E-state index is 12.8. The number of aromatic nitrogens is 2. The minimum atomic E-state index is -4.39. The molecule has 0 amide bonds. The van der Waals surface area contributed by atoms with Crippen molar-refractivity contribution in [2.75, 3.05) is 13.1 Å². The Morgan fingerprint density at radius 3 is 2.96 bits per heavy atom. The first kappa shape index (κ1) is 18.2. The molecule has 1 aliphatic heterocycles. The van der Waals surface area contributed by atoms with Crippen molar-refractivity contribution in [1.29, 1.82) is 0 Å². The normalized spacial score (nSPS) is 15.1. The van der Waals surface area contributed by atoms with Gasteiger partial charge in [0.25, 0.3) is 0 Å². The Morgan fingerprint density at radius 2 is 2.11 bits per heavy atom. The number of alkyl halides is 3. The van der Waals surface area contributed by atoms with Crippen molar-refractivity contribution >= 4 is 11.3 Å². The first-order valence-electron chi connectivity index (χ1n) is 8.77. The predicted molar refractivity (Wildman–Crippen MR) is 96.4 cm³/mol. The highest BCUT2D eigenvalue weighted by Gasteiger charge is 2.30. The summed E-state index contributed by atoms with van der Waals surface area (Å²) in [6.45, 7) is 2.95. The lowest BCUT2D eigenvalue weighted by molar-refractivity contribution is -0.137. The molecule has 0 unspecified atom stereocenters. The first-order valence-corrected chi connectivity index (χ1v) is 9.65. The van der Waals surface area contributed by atoms with Crippen LogP contribution in [0.1, 0.15) is 28.3 Å². The molecule has 0 aliphatic carbocycles. The van der Waals surface area contributed by atoms with Gasteiger partial charge in [-0.2, -0.15) is 18.2 Å². The number of fused-ring (bicyclic) bond motifs is 1.